The molecule has 2 aromatic rings. The molecule has 0 fully saturated rings. The van der Waals surface area contributed by atoms with Crippen molar-refractivity contribution in [1.82, 2.24) is 10.3 Å². The predicted molar refractivity (Wildman–Crippen MR) is 73.4 cm³/mol. The Morgan fingerprint density at radius 3 is 2.78 bits per heavy atom. The lowest BCUT2D eigenvalue weighted by Crippen LogP contribution is -2.23. The summed E-state index contributed by atoms with van der Waals surface area (Å²) < 4.78 is 13.8. The Morgan fingerprint density at radius 2 is 2.17 bits per heavy atom. The molecule has 4 heteroatoms. The van der Waals surface area contributed by atoms with E-state index in [0.29, 0.717) is 5.56 Å². The van der Waals surface area contributed by atoms with E-state index in [2.05, 4.69) is 10.3 Å². The highest BCUT2D eigenvalue weighted by atomic mass is 32.1. The van der Waals surface area contributed by atoms with E-state index in [-0.39, 0.29) is 11.9 Å². The Bertz CT molecular complexity index is 510. The second-order valence-electron chi connectivity index (χ2n) is 4.22. The number of benzene rings is 1. The number of rotatable bonds is 5. The Kier molecular flexibility index (Phi) is 4.44. The van der Waals surface area contributed by atoms with Gasteiger partial charge < -0.3 is 5.32 Å². The fraction of sp³-hybridized carbons (Fsp3) is 0.357. The summed E-state index contributed by atoms with van der Waals surface area (Å²) in [5.41, 5.74) is 1.74. The summed E-state index contributed by atoms with van der Waals surface area (Å²) in [7, 11) is 0. The number of aromatic nitrogens is 1. The second kappa shape index (κ2) is 6.07. The van der Waals surface area contributed by atoms with Crippen LogP contribution < -0.4 is 5.32 Å². The lowest BCUT2D eigenvalue weighted by atomic mass is 10.0. The van der Waals surface area contributed by atoms with Crippen LogP contribution in [-0.4, -0.2) is 11.5 Å². The molecule has 1 heterocycles. The molecule has 0 aliphatic rings. The van der Waals surface area contributed by atoms with Crippen molar-refractivity contribution in [2.24, 2.45) is 0 Å². The van der Waals surface area contributed by atoms with Gasteiger partial charge in [0.1, 0.15) is 5.82 Å². The number of aryl methyl sites for hydroxylation is 1. The van der Waals surface area contributed by atoms with E-state index in [0.717, 1.165) is 23.7 Å². The molecule has 0 amide bonds. The first-order valence-corrected chi connectivity index (χ1v) is 6.97. The molecule has 0 radical (unpaired) electrons. The molecule has 1 atom stereocenters. The lowest BCUT2D eigenvalue weighted by Gasteiger charge is -2.17. The van der Waals surface area contributed by atoms with E-state index < -0.39 is 0 Å². The summed E-state index contributed by atoms with van der Waals surface area (Å²) in [6, 6.07) is 6.92. The highest BCUT2D eigenvalue weighted by Gasteiger charge is 2.16. The number of hydrogen-bond acceptors (Lipinski definition) is 3. The van der Waals surface area contributed by atoms with Crippen molar-refractivity contribution < 1.29 is 4.39 Å². The fourth-order valence-corrected chi connectivity index (χ4v) is 2.79. The summed E-state index contributed by atoms with van der Waals surface area (Å²) >= 11 is 1.63. The predicted octanol–water partition coefficient (Wildman–Crippen LogP) is 3.48. The topological polar surface area (TPSA) is 24.9 Å². The Hall–Kier alpha value is -1.26. The average Bonchev–Trinajstić information content (AvgIpc) is 2.75. The summed E-state index contributed by atoms with van der Waals surface area (Å²) in [5.74, 6) is -0.156. The molecule has 1 unspecified atom stereocenters. The van der Waals surface area contributed by atoms with Crippen LogP contribution in [0.3, 0.4) is 0 Å². The van der Waals surface area contributed by atoms with Gasteiger partial charge in [-0.3, -0.25) is 0 Å². The Balaban J connectivity index is 2.20. The molecule has 1 N–H and O–H groups in total. The highest BCUT2D eigenvalue weighted by molar-refractivity contribution is 7.09. The second-order valence-corrected chi connectivity index (χ2v) is 5.16. The highest BCUT2D eigenvalue weighted by Crippen LogP contribution is 2.22. The number of thiazole rings is 1. The van der Waals surface area contributed by atoms with Crippen LogP contribution in [0.4, 0.5) is 4.39 Å². The van der Waals surface area contributed by atoms with E-state index >= 15 is 0 Å². The molecule has 0 saturated heterocycles. The lowest BCUT2D eigenvalue weighted by molar-refractivity contribution is 0.509. The molecule has 0 aliphatic carbocycles. The summed E-state index contributed by atoms with van der Waals surface area (Å²) in [6.45, 7) is 4.82. The van der Waals surface area contributed by atoms with Gasteiger partial charge >= 0.3 is 0 Å². The molecule has 0 aliphatic heterocycles. The molecular formula is C14H17FN2S. The van der Waals surface area contributed by atoms with Crippen molar-refractivity contribution in [3.05, 3.63) is 51.7 Å². The smallest absolute Gasteiger partial charge is 0.127 e. The van der Waals surface area contributed by atoms with Crippen molar-refractivity contribution >= 4 is 11.3 Å². The van der Waals surface area contributed by atoms with Crippen molar-refractivity contribution in [3.8, 4) is 0 Å². The van der Waals surface area contributed by atoms with Gasteiger partial charge in [-0.1, -0.05) is 25.1 Å². The Labute approximate surface area is 111 Å². The monoisotopic (exact) mass is 264 g/mol. The van der Waals surface area contributed by atoms with Crippen LogP contribution in [0, 0.1) is 12.7 Å². The normalized spacial score (nSPS) is 12.6. The molecule has 1 aromatic heterocycles. The number of likely N-dealkylation sites (N-methyl/N-ethyl adjacent to an activating group) is 1. The van der Waals surface area contributed by atoms with Gasteiger partial charge in [0.25, 0.3) is 0 Å². The zero-order chi connectivity index (χ0) is 13.0. The molecule has 0 saturated carbocycles. The minimum atomic E-state index is -0.156. The van der Waals surface area contributed by atoms with E-state index in [1.165, 1.54) is 6.07 Å². The first-order chi connectivity index (χ1) is 8.70. The maximum absolute atomic E-state index is 13.8. The SMILES string of the molecule is CCNC(Cc1nc(C)cs1)c1ccccc1F. The van der Waals surface area contributed by atoms with Crippen LogP contribution >= 0.6 is 11.3 Å². The van der Waals surface area contributed by atoms with Crippen LogP contribution in [0.5, 0.6) is 0 Å². The fourth-order valence-electron chi connectivity index (χ4n) is 1.97. The third-order valence-electron chi connectivity index (χ3n) is 2.78. The van der Waals surface area contributed by atoms with Crippen LogP contribution in [0.1, 0.15) is 29.2 Å². The summed E-state index contributed by atoms with van der Waals surface area (Å²) in [4.78, 5) is 4.44. The molecule has 1 aromatic carbocycles. The zero-order valence-corrected chi connectivity index (χ0v) is 11.4. The standard InChI is InChI=1S/C14H17FN2S/c1-3-16-13(8-14-17-10(2)9-18-14)11-6-4-5-7-12(11)15/h4-7,9,13,16H,3,8H2,1-2H3. The molecular weight excluding hydrogens is 247 g/mol. The van der Waals surface area contributed by atoms with Crippen LogP contribution in [-0.2, 0) is 6.42 Å². The van der Waals surface area contributed by atoms with Crippen LogP contribution in [0.15, 0.2) is 29.6 Å². The summed E-state index contributed by atoms with van der Waals surface area (Å²) in [5, 5.41) is 6.39. The first kappa shape index (κ1) is 13.2. The molecule has 2 rings (SSSR count). The van der Waals surface area contributed by atoms with Gasteiger partial charge in [0.15, 0.2) is 0 Å². The number of nitrogens with zero attached hydrogens (tertiary/aromatic N) is 1. The largest absolute Gasteiger partial charge is 0.310 e. The van der Waals surface area contributed by atoms with Gasteiger partial charge in [-0.2, -0.15) is 0 Å². The van der Waals surface area contributed by atoms with E-state index in [1.807, 2.05) is 31.4 Å². The molecule has 0 spiro atoms. The van der Waals surface area contributed by atoms with Crippen molar-refractivity contribution in [3.63, 3.8) is 0 Å². The van der Waals surface area contributed by atoms with E-state index in [1.54, 1.807) is 17.4 Å². The first-order valence-electron chi connectivity index (χ1n) is 6.09. The van der Waals surface area contributed by atoms with Gasteiger partial charge in [-0.15, -0.1) is 11.3 Å². The molecule has 96 valence electrons. The van der Waals surface area contributed by atoms with Crippen molar-refractivity contribution in [2.75, 3.05) is 6.54 Å². The summed E-state index contributed by atoms with van der Waals surface area (Å²) in [6.07, 6.45) is 0.729. The van der Waals surface area contributed by atoms with E-state index in [9.17, 15) is 4.39 Å². The molecule has 2 nitrogen and oxygen atoms in total. The van der Waals surface area contributed by atoms with Crippen LogP contribution in [0.2, 0.25) is 0 Å². The Morgan fingerprint density at radius 1 is 1.39 bits per heavy atom. The van der Waals surface area contributed by atoms with Gasteiger partial charge in [-0.05, 0) is 19.5 Å². The van der Waals surface area contributed by atoms with Gasteiger partial charge in [-0.25, -0.2) is 9.37 Å². The van der Waals surface area contributed by atoms with Crippen molar-refractivity contribution in [1.29, 1.82) is 0 Å². The maximum atomic E-state index is 13.8. The molecule has 0 bridgehead atoms. The van der Waals surface area contributed by atoms with Crippen LogP contribution in [0.25, 0.3) is 0 Å². The number of nitrogens with one attached hydrogen (secondary N) is 1. The van der Waals surface area contributed by atoms with E-state index in [4.69, 9.17) is 0 Å². The number of hydrogen-bond donors (Lipinski definition) is 1. The quantitative estimate of drug-likeness (QED) is 0.894. The number of halogens is 1. The average molecular weight is 264 g/mol. The minimum Gasteiger partial charge on any atom is -0.310 e. The van der Waals surface area contributed by atoms with Crippen molar-refractivity contribution in [2.45, 2.75) is 26.3 Å². The van der Waals surface area contributed by atoms with Gasteiger partial charge in [0.05, 0.1) is 5.01 Å². The van der Waals surface area contributed by atoms with Gasteiger partial charge in [0.2, 0.25) is 0 Å². The maximum Gasteiger partial charge on any atom is 0.127 e. The van der Waals surface area contributed by atoms with Gasteiger partial charge in [0, 0.05) is 29.1 Å². The third kappa shape index (κ3) is 3.15. The zero-order valence-electron chi connectivity index (χ0n) is 10.6. The third-order valence-corrected chi connectivity index (χ3v) is 3.77. The minimum absolute atomic E-state index is 0.0123. The molecule has 18 heavy (non-hydrogen) atoms.